The van der Waals surface area contributed by atoms with Crippen LogP contribution in [0.3, 0.4) is 0 Å². The van der Waals surface area contributed by atoms with E-state index < -0.39 is 0 Å². The van der Waals surface area contributed by atoms with E-state index >= 15 is 0 Å². The Morgan fingerprint density at radius 2 is 2.07 bits per heavy atom. The van der Waals surface area contributed by atoms with Crippen LogP contribution < -0.4 is 5.32 Å². The predicted molar refractivity (Wildman–Crippen MR) is 71.2 cm³/mol. The number of hydrogen-bond acceptors (Lipinski definition) is 1. The van der Waals surface area contributed by atoms with Gasteiger partial charge in [0.2, 0.25) is 0 Å². The standard InChI is InChI=1S/C11H15NS.C2H6/c13-8-12-11-7-3-5-9-4-1-2-6-10(9)11;1-2/h4,6,8,11H,1-3,5,7H2,(H,12,13);1-2H3. The fourth-order valence-corrected chi connectivity index (χ4v) is 2.43. The third-order valence-corrected chi connectivity index (χ3v) is 3.01. The van der Waals surface area contributed by atoms with Crippen molar-refractivity contribution in [1.82, 2.24) is 5.32 Å². The monoisotopic (exact) mass is 223 g/mol. The lowest BCUT2D eigenvalue weighted by molar-refractivity contribution is 0.557. The van der Waals surface area contributed by atoms with Crippen molar-refractivity contribution >= 4 is 17.7 Å². The van der Waals surface area contributed by atoms with E-state index in [-0.39, 0.29) is 0 Å². The molecule has 1 saturated carbocycles. The van der Waals surface area contributed by atoms with Crippen LogP contribution in [-0.2, 0) is 0 Å². The van der Waals surface area contributed by atoms with Gasteiger partial charge in [0.05, 0.1) is 11.5 Å². The molecule has 1 fully saturated rings. The van der Waals surface area contributed by atoms with E-state index in [0.717, 1.165) is 0 Å². The first-order valence-electron chi connectivity index (χ1n) is 6.01. The number of nitrogens with one attached hydrogen (secondary N) is 1. The molecular formula is C13H21NS. The van der Waals surface area contributed by atoms with E-state index in [0.29, 0.717) is 6.04 Å². The van der Waals surface area contributed by atoms with Gasteiger partial charge >= 0.3 is 0 Å². The van der Waals surface area contributed by atoms with Gasteiger partial charge in [-0.15, -0.1) is 0 Å². The van der Waals surface area contributed by atoms with Gasteiger partial charge in [-0.1, -0.05) is 38.2 Å². The molecule has 0 spiro atoms. The Morgan fingerprint density at radius 1 is 1.33 bits per heavy atom. The molecule has 2 aliphatic carbocycles. The highest BCUT2D eigenvalue weighted by molar-refractivity contribution is 7.78. The summed E-state index contributed by atoms with van der Waals surface area (Å²) in [5.41, 5.74) is 4.73. The highest BCUT2D eigenvalue weighted by Gasteiger charge is 2.22. The number of allylic oxidation sites excluding steroid dienone is 2. The predicted octanol–water partition coefficient (Wildman–Crippen LogP) is 3.76. The lowest BCUT2D eigenvalue weighted by Crippen LogP contribution is -2.33. The summed E-state index contributed by atoms with van der Waals surface area (Å²) in [6, 6.07) is 0.498. The second kappa shape index (κ2) is 6.78. The Bertz CT molecular complexity index is 266. The van der Waals surface area contributed by atoms with Crippen LogP contribution in [0.4, 0.5) is 0 Å². The summed E-state index contributed by atoms with van der Waals surface area (Å²) in [7, 11) is 0. The lowest BCUT2D eigenvalue weighted by Gasteiger charge is -2.29. The number of rotatable bonds is 2. The molecule has 2 rings (SSSR count). The van der Waals surface area contributed by atoms with Gasteiger partial charge in [-0.05, 0) is 43.3 Å². The average molecular weight is 223 g/mol. The minimum Gasteiger partial charge on any atom is -0.375 e. The summed E-state index contributed by atoms with van der Waals surface area (Å²) in [6.07, 6.45) is 11.0. The molecule has 2 heteroatoms. The molecule has 0 bridgehead atoms. The summed E-state index contributed by atoms with van der Waals surface area (Å²) in [6.45, 7) is 4.00. The Kier molecular flexibility index (Phi) is 5.62. The molecule has 0 radical (unpaired) electrons. The van der Waals surface area contributed by atoms with E-state index in [1.54, 1.807) is 11.1 Å². The summed E-state index contributed by atoms with van der Waals surface area (Å²) in [4.78, 5) is 0. The molecule has 1 atom stereocenters. The number of fused-ring (bicyclic) bond motifs is 1. The first-order valence-corrected chi connectivity index (χ1v) is 6.48. The van der Waals surface area contributed by atoms with Gasteiger partial charge in [0.1, 0.15) is 0 Å². The van der Waals surface area contributed by atoms with Gasteiger partial charge in [-0.2, -0.15) is 0 Å². The first kappa shape index (κ1) is 12.4. The van der Waals surface area contributed by atoms with Crippen molar-refractivity contribution in [3.8, 4) is 0 Å². The maximum Gasteiger partial charge on any atom is 0.0619 e. The zero-order valence-corrected chi connectivity index (χ0v) is 10.6. The van der Waals surface area contributed by atoms with E-state index in [1.165, 1.54) is 37.7 Å². The van der Waals surface area contributed by atoms with E-state index in [9.17, 15) is 0 Å². The minimum atomic E-state index is 0.498. The molecule has 0 aromatic heterocycles. The van der Waals surface area contributed by atoms with Crippen LogP contribution in [0, 0.1) is 0 Å². The van der Waals surface area contributed by atoms with Crippen LogP contribution in [0.2, 0.25) is 0 Å². The van der Waals surface area contributed by atoms with Crippen molar-refractivity contribution in [2.24, 2.45) is 0 Å². The third kappa shape index (κ3) is 3.16. The van der Waals surface area contributed by atoms with Crippen LogP contribution in [0.1, 0.15) is 46.0 Å². The molecule has 0 aliphatic heterocycles. The van der Waals surface area contributed by atoms with E-state index in [4.69, 9.17) is 12.2 Å². The molecule has 1 N–H and O–H groups in total. The van der Waals surface area contributed by atoms with Crippen LogP contribution in [-0.4, -0.2) is 11.5 Å². The Labute approximate surface area is 98.6 Å². The topological polar surface area (TPSA) is 12.0 Å². The minimum absolute atomic E-state index is 0.498. The largest absolute Gasteiger partial charge is 0.375 e. The van der Waals surface area contributed by atoms with Gasteiger partial charge in [0.15, 0.2) is 0 Å². The third-order valence-electron chi connectivity index (χ3n) is 2.88. The van der Waals surface area contributed by atoms with Gasteiger partial charge in [-0.25, -0.2) is 0 Å². The highest BCUT2D eigenvalue weighted by Crippen LogP contribution is 2.32. The van der Waals surface area contributed by atoms with Crippen LogP contribution in [0.25, 0.3) is 0 Å². The zero-order chi connectivity index (χ0) is 11.1. The molecule has 0 heterocycles. The van der Waals surface area contributed by atoms with Crippen molar-refractivity contribution in [3.05, 3.63) is 23.3 Å². The fraction of sp³-hybridized carbons (Fsp3) is 0.615. The van der Waals surface area contributed by atoms with Crippen molar-refractivity contribution < 1.29 is 0 Å². The van der Waals surface area contributed by atoms with Crippen LogP contribution in [0.5, 0.6) is 0 Å². The molecule has 0 amide bonds. The highest BCUT2D eigenvalue weighted by atomic mass is 32.1. The quantitative estimate of drug-likeness (QED) is 0.715. The summed E-state index contributed by atoms with van der Waals surface area (Å²) < 4.78 is 0. The van der Waals surface area contributed by atoms with Gasteiger partial charge in [0, 0.05) is 0 Å². The van der Waals surface area contributed by atoms with Crippen molar-refractivity contribution in [3.63, 3.8) is 0 Å². The molecule has 84 valence electrons. The van der Waals surface area contributed by atoms with Gasteiger partial charge < -0.3 is 5.32 Å². The molecule has 0 saturated heterocycles. The maximum atomic E-state index is 4.84. The summed E-state index contributed by atoms with van der Waals surface area (Å²) in [5.74, 6) is 0. The first-order chi connectivity index (χ1) is 7.42. The second-order valence-electron chi connectivity index (χ2n) is 3.70. The summed E-state index contributed by atoms with van der Waals surface area (Å²) in [5, 5.41) is 3.26. The van der Waals surface area contributed by atoms with Gasteiger partial charge in [-0.3, -0.25) is 0 Å². The average Bonchev–Trinajstić information content (AvgIpc) is 2.33. The zero-order valence-electron chi connectivity index (χ0n) is 9.75. The molecule has 0 aromatic carbocycles. The molecule has 0 aromatic rings. The van der Waals surface area contributed by atoms with Crippen molar-refractivity contribution in [2.75, 3.05) is 0 Å². The Morgan fingerprint density at radius 3 is 2.80 bits per heavy atom. The van der Waals surface area contributed by atoms with Gasteiger partial charge in [0.25, 0.3) is 0 Å². The Balaban J connectivity index is 0.000000531. The molecule has 2 aliphatic rings. The Hall–Kier alpha value is -0.630. The lowest BCUT2D eigenvalue weighted by atomic mass is 9.82. The molecular weight excluding hydrogens is 202 g/mol. The fourth-order valence-electron chi connectivity index (χ4n) is 2.27. The van der Waals surface area contributed by atoms with Crippen LogP contribution in [0.15, 0.2) is 23.3 Å². The van der Waals surface area contributed by atoms with Crippen molar-refractivity contribution in [1.29, 1.82) is 0 Å². The number of thiocarbonyl (C=S) groups is 1. The smallest absolute Gasteiger partial charge is 0.0619 e. The molecule has 1 nitrogen and oxygen atoms in total. The number of hydrogen-bond donors (Lipinski definition) is 1. The normalized spacial score (nSPS) is 23.7. The van der Waals surface area contributed by atoms with Crippen LogP contribution >= 0.6 is 12.2 Å². The summed E-state index contributed by atoms with van der Waals surface area (Å²) >= 11 is 4.84. The van der Waals surface area contributed by atoms with E-state index in [1.807, 2.05) is 13.8 Å². The van der Waals surface area contributed by atoms with Crippen molar-refractivity contribution in [2.45, 2.75) is 52.0 Å². The molecule has 1 unspecified atom stereocenters. The second-order valence-corrected chi connectivity index (χ2v) is 3.93. The molecule has 15 heavy (non-hydrogen) atoms. The maximum absolute atomic E-state index is 4.84. The van der Waals surface area contributed by atoms with E-state index in [2.05, 4.69) is 17.5 Å². The SMILES string of the molecule is CC.S=CNC1CCCC2=CCCC=C21.